The van der Waals surface area contributed by atoms with Crippen molar-refractivity contribution in [3.05, 3.63) is 12.2 Å². The zero-order valence-electron chi connectivity index (χ0n) is 13.8. The summed E-state index contributed by atoms with van der Waals surface area (Å²) < 4.78 is 4.56. The van der Waals surface area contributed by atoms with Gasteiger partial charge in [-0.2, -0.15) is 0 Å². The summed E-state index contributed by atoms with van der Waals surface area (Å²) in [6.07, 6.45) is 9.53. The molecule has 3 fully saturated rings. The topological polar surface area (TPSA) is 26.3 Å². The molecule has 0 aromatic carbocycles. The van der Waals surface area contributed by atoms with Crippen molar-refractivity contribution in [3.63, 3.8) is 0 Å². The van der Waals surface area contributed by atoms with E-state index in [0.717, 1.165) is 0 Å². The average Bonchev–Trinajstić information content (AvgIpc) is 3.16. The van der Waals surface area contributed by atoms with E-state index in [4.69, 9.17) is 0 Å². The van der Waals surface area contributed by atoms with Gasteiger partial charge < -0.3 is 4.74 Å². The molecule has 0 amide bonds. The van der Waals surface area contributed by atoms with Gasteiger partial charge in [0.05, 0.1) is 6.61 Å². The van der Waals surface area contributed by atoms with E-state index < -0.39 is 0 Å². The van der Waals surface area contributed by atoms with Crippen molar-refractivity contribution in [2.45, 2.75) is 66.2 Å². The van der Waals surface area contributed by atoms with Gasteiger partial charge in [0.1, 0.15) is 0 Å². The average molecular weight is 280 g/mol. The summed E-state index contributed by atoms with van der Waals surface area (Å²) in [7, 11) is 0. The number of hydrogen-bond donors (Lipinski definition) is 0. The van der Waals surface area contributed by atoms with Crippen LogP contribution in [0.1, 0.15) is 66.2 Å². The van der Waals surface area contributed by atoms with Crippen LogP contribution in [0, 0.1) is 23.7 Å². The number of carbonyl (C=O) groups excluding carboxylic acids is 1. The van der Waals surface area contributed by atoms with Gasteiger partial charge in [0.15, 0.2) is 0 Å². The molecule has 0 aromatic rings. The minimum Gasteiger partial charge on any atom is -0.463 e. The van der Waals surface area contributed by atoms with Crippen LogP contribution >= 0.6 is 0 Å². The summed E-state index contributed by atoms with van der Waals surface area (Å²) in [5.74, 6) is 4.49. The molecule has 0 heterocycles. The highest BCUT2D eigenvalue weighted by Gasteiger charge is 2.48. The highest BCUT2D eigenvalue weighted by Crippen LogP contribution is 2.58. The Kier molecular flexibility index (Phi) is 7.32. The third-order valence-corrected chi connectivity index (χ3v) is 4.97. The Morgan fingerprint density at radius 3 is 1.95 bits per heavy atom. The Morgan fingerprint density at radius 1 is 1.10 bits per heavy atom. The standard InChI is InChI=1S/C10H16.C6H10O2.C2H6/c1-2-9-7-4-5-8(6-7)10(9)3-1;1-4-8-6(7)5(2)3;1-2/h7-10H,1-6H2;2,4H2,1,3H3;1-2H3. The van der Waals surface area contributed by atoms with Crippen molar-refractivity contribution >= 4 is 5.97 Å². The van der Waals surface area contributed by atoms with Crippen LogP contribution in [0.2, 0.25) is 0 Å². The van der Waals surface area contributed by atoms with Gasteiger partial charge in [-0.25, -0.2) is 4.79 Å². The van der Waals surface area contributed by atoms with E-state index in [1.807, 2.05) is 13.8 Å². The van der Waals surface area contributed by atoms with E-state index in [9.17, 15) is 4.79 Å². The lowest BCUT2D eigenvalue weighted by molar-refractivity contribution is -0.138. The molecule has 4 unspecified atom stereocenters. The Bertz CT molecular complexity index is 305. The zero-order chi connectivity index (χ0) is 15.1. The lowest BCUT2D eigenvalue weighted by Crippen LogP contribution is -2.15. The molecule has 3 aliphatic carbocycles. The van der Waals surface area contributed by atoms with Crippen molar-refractivity contribution in [3.8, 4) is 0 Å². The van der Waals surface area contributed by atoms with Crippen LogP contribution in [0.4, 0.5) is 0 Å². The smallest absolute Gasteiger partial charge is 0.333 e. The lowest BCUT2D eigenvalue weighted by Gasteiger charge is -2.23. The molecule has 3 rings (SSSR count). The Balaban J connectivity index is 0.000000184. The van der Waals surface area contributed by atoms with E-state index in [1.165, 1.54) is 23.7 Å². The number of carbonyl (C=O) groups is 1. The van der Waals surface area contributed by atoms with Gasteiger partial charge in [0.25, 0.3) is 0 Å². The minimum absolute atomic E-state index is 0.312. The monoisotopic (exact) mass is 280 g/mol. The maximum absolute atomic E-state index is 10.4. The van der Waals surface area contributed by atoms with Crippen LogP contribution in [0.25, 0.3) is 0 Å². The van der Waals surface area contributed by atoms with Crippen molar-refractivity contribution in [1.82, 2.24) is 0 Å². The molecular formula is C18H32O2. The predicted molar refractivity (Wildman–Crippen MR) is 84.5 cm³/mol. The van der Waals surface area contributed by atoms with Gasteiger partial charge in [0.2, 0.25) is 0 Å². The van der Waals surface area contributed by atoms with Gasteiger partial charge in [-0.1, -0.05) is 26.8 Å². The molecular weight excluding hydrogens is 248 g/mol. The molecule has 0 N–H and O–H groups in total. The van der Waals surface area contributed by atoms with Crippen LogP contribution in [-0.2, 0) is 9.53 Å². The molecule has 0 radical (unpaired) electrons. The molecule has 2 heteroatoms. The highest BCUT2D eigenvalue weighted by atomic mass is 16.5. The first-order valence-electron chi connectivity index (χ1n) is 8.46. The fraction of sp³-hybridized carbons (Fsp3) is 0.833. The summed E-state index contributed by atoms with van der Waals surface area (Å²) in [5, 5.41) is 0. The van der Waals surface area contributed by atoms with Gasteiger partial charge in [-0.3, -0.25) is 0 Å². The van der Waals surface area contributed by atoms with Crippen LogP contribution in [0.3, 0.4) is 0 Å². The largest absolute Gasteiger partial charge is 0.463 e. The Hall–Kier alpha value is -0.790. The molecule has 3 aliphatic rings. The molecule has 3 saturated carbocycles. The maximum atomic E-state index is 10.4. The first-order chi connectivity index (χ1) is 9.63. The Morgan fingerprint density at radius 2 is 1.60 bits per heavy atom. The fourth-order valence-electron chi connectivity index (χ4n) is 4.27. The van der Waals surface area contributed by atoms with E-state index in [0.29, 0.717) is 12.2 Å². The second-order valence-electron chi connectivity index (χ2n) is 6.09. The van der Waals surface area contributed by atoms with Crippen molar-refractivity contribution in [1.29, 1.82) is 0 Å². The van der Waals surface area contributed by atoms with Gasteiger partial charge in [-0.15, -0.1) is 0 Å². The van der Waals surface area contributed by atoms with E-state index in [1.54, 1.807) is 52.4 Å². The SMILES string of the molecule is C1CC2C3CCC(C3)C2C1.C=C(C)C(=O)OCC.CC. The van der Waals surface area contributed by atoms with Crippen molar-refractivity contribution < 1.29 is 9.53 Å². The Labute approximate surface area is 125 Å². The summed E-state index contributed by atoms with van der Waals surface area (Å²) in [4.78, 5) is 10.4. The number of hydrogen-bond acceptors (Lipinski definition) is 2. The number of esters is 1. The molecule has 0 saturated heterocycles. The molecule has 2 bridgehead atoms. The van der Waals surface area contributed by atoms with E-state index in [2.05, 4.69) is 11.3 Å². The van der Waals surface area contributed by atoms with Gasteiger partial charge in [-0.05, 0) is 69.6 Å². The molecule has 116 valence electrons. The number of rotatable bonds is 2. The predicted octanol–water partition coefficient (Wildman–Crippen LogP) is 4.98. The number of fused-ring (bicyclic) bond motifs is 5. The minimum atomic E-state index is -0.312. The van der Waals surface area contributed by atoms with E-state index >= 15 is 0 Å². The van der Waals surface area contributed by atoms with Crippen molar-refractivity contribution in [2.75, 3.05) is 6.61 Å². The summed E-state index contributed by atoms with van der Waals surface area (Å²) in [6, 6.07) is 0. The molecule has 2 nitrogen and oxygen atoms in total. The van der Waals surface area contributed by atoms with Crippen LogP contribution in [0.5, 0.6) is 0 Å². The van der Waals surface area contributed by atoms with Crippen LogP contribution in [-0.4, -0.2) is 12.6 Å². The second-order valence-corrected chi connectivity index (χ2v) is 6.09. The fourth-order valence-corrected chi connectivity index (χ4v) is 4.27. The van der Waals surface area contributed by atoms with Crippen molar-refractivity contribution in [2.24, 2.45) is 23.7 Å². The summed E-state index contributed by atoms with van der Waals surface area (Å²) in [6.45, 7) is 11.2. The van der Waals surface area contributed by atoms with E-state index in [-0.39, 0.29) is 5.97 Å². The molecule has 0 aromatic heterocycles. The third kappa shape index (κ3) is 4.10. The van der Waals surface area contributed by atoms with Crippen LogP contribution in [0.15, 0.2) is 12.2 Å². The maximum Gasteiger partial charge on any atom is 0.333 e. The summed E-state index contributed by atoms with van der Waals surface area (Å²) >= 11 is 0. The molecule has 20 heavy (non-hydrogen) atoms. The molecule has 0 aliphatic heterocycles. The first kappa shape index (κ1) is 17.3. The van der Waals surface area contributed by atoms with Crippen LogP contribution < -0.4 is 0 Å². The summed E-state index contributed by atoms with van der Waals surface area (Å²) in [5.41, 5.74) is 0.451. The lowest BCUT2D eigenvalue weighted by atomic mass is 9.82. The number of ether oxygens (including phenoxy) is 1. The van der Waals surface area contributed by atoms with Gasteiger partial charge >= 0.3 is 5.97 Å². The molecule has 0 spiro atoms. The van der Waals surface area contributed by atoms with Gasteiger partial charge in [0, 0.05) is 5.57 Å². The second kappa shape index (κ2) is 8.49. The first-order valence-corrected chi connectivity index (χ1v) is 8.46. The highest BCUT2D eigenvalue weighted by molar-refractivity contribution is 5.86. The zero-order valence-corrected chi connectivity index (χ0v) is 13.8. The molecule has 4 atom stereocenters. The normalized spacial score (nSPS) is 32.4. The quantitative estimate of drug-likeness (QED) is 0.526. The third-order valence-electron chi connectivity index (χ3n) is 4.97.